The van der Waals surface area contributed by atoms with E-state index >= 15 is 0 Å². The Morgan fingerprint density at radius 1 is 1.00 bits per heavy atom. The Balaban J connectivity index is 1.77. The number of aliphatic imine (C=N–C) groups is 1. The lowest BCUT2D eigenvalue weighted by Gasteiger charge is -2.36. The second-order valence-electron chi connectivity index (χ2n) is 8.90. The first-order valence-electron chi connectivity index (χ1n) is 12.5. The molecule has 0 radical (unpaired) electrons. The van der Waals surface area contributed by atoms with E-state index in [1.807, 2.05) is 60.7 Å². The van der Waals surface area contributed by atoms with Gasteiger partial charge in [0.1, 0.15) is 12.6 Å². The molecule has 0 saturated heterocycles. The predicted molar refractivity (Wildman–Crippen MR) is 142 cm³/mol. The van der Waals surface area contributed by atoms with E-state index in [9.17, 15) is 18.4 Å². The largest absolute Gasteiger partial charge is 0.468 e. The summed E-state index contributed by atoms with van der Waals surface area (Å²) < 4.78 is 39.5. The third-order valence-electron chi connectivity index (χ3n) is 6.35. The number of rotatable bonds is 7. The number of nitrogens with one attached hydrogen (secondary N) is 1. The van der Waals surface area contributed by atoms with Crippen LogP contribution in [-0.2, 0) is 20.9 Å². The fourth-order valence-corrected chi connectivity index (χ4v) is 4.35. The Bertz CT molecular complexity index is 1390. The Morgan fingerprint density at radius 3 is 2.28 bits per heavy atom. The molecule has 1 unspecified atom stereocenters. The average Bonchev–Trinajstić information content (AvgIpc) is 2.97. The van der Waals surface area contributed by atoms with Gasteiger partial charge in [-0.05, 0) is 42.2 Å². The summed E-state index contributed by atoms with van der Waals surface area (Å²) in [6.45, 7) is 3.56. The number of amides is 2. The molecule has 1 aliphatic heterocycles. The van der Waals surface area contributed by atoms with Gasteiger partial charge in [-0.3, -0.25) is 0 Å². The number of methoxy groups -OCH3 is 1. The van der Waals surface area contributed by atoms with Gasteiger partial charge in [-0.25, -0.2) is 28.3 Å². The summed E-state index contributed by atoms with van der Waals surface area (Å²) >= 11 is 0. The number of esters is 1. The molecule has 9 heteroatoms. The molecule has 39 heavy (non-hydrogen) atoms. The summed E-state index contributed by atoms with van der Waals surface area (Å²) in [7, 11) is 1.34. The number of hydrogen-bond acceptors (Lipinski definition) is 5. The standard InChI is InChI=1S/C30H29F2N3O4/c1-4-25-26(28(36)39-18-20-11-7-5-8-12-20)27(22-15-16-23(31)24(32)17-22)35(30(34-25)38-3)29(37)33-19(2)21-13-9-6-10-14-21/h5-17,19,27H,4,18H2,1-3H3,(H,33,37)/t19-,27?/m1/s1. The van der Waals surface area contributed by atoms with Crippen LogP contribution >= 0.6 is 0 Å². The molecule has 0 bridgehead atoms. The van der Waals surface area contributed by atoms with E-state index in [4.69, 9.17) is 9.47 Å². The number of urea groups is 1. The highest BCUT2D eigenvalue weighted by atomic mass is 19.2. The van der Waals surface area contributed by atoms with Crippen molar-refractivity contribution in [3.05, 3.63) is 118 Å². The molecule has 2 atom stereocenters. The van der Waals surface area contributed by atoms with Crippen LogP contribution in [0.15, 0.2) is 95.1 Å². The number of nitrogens with zero attached hydrogens (tertiary/aromatic N) is 2. The first kappa shape index (κ1) is 27.5. The fourth-order valence-electron chi connectivity index (χ4n) is 4.35. The van der Waals surface area contributed by atoms with E-state index in [2.05, 4.69) is 10.3 Å². The van der Waals surface area contributed by atoms with Crippen LogP contribution in [0, 0.1) is 11.6 Å². The molecule has 1 N–H and O–H groups in total. The van der Waals surface area contributed by atoms with Crippen LogP contribution in [-0.4, -0.2) is 30.0 Å². The van der Waals surface area contributed by atoms with Gasteiger partial charge in [-0.2, -0.15) is 0 Å². The predicted octanol–water partition coefficient (Wildman–Crippen LogP) is 6.20. The van der Waals surface area contributed by atoms with E-state index in [0.717, 1.165) is 28.2 Å². The van der Waals surface area contributed by atoms with Crippen LogP contribution < -0.4 is 5.32 Å². The number of carbonyl (C=O) groups excluding carboxylic acids is 2. The lowest BCUT2D eigenvalue weighted by atomic mass is 9.93. The second-order valence-corrected chi connectivity index (χ2v) is 8.90. The van der Waals surface area contributed by atoms with Crippen LogP contribution in [0.25, 0.3) is 0 Å². The Morgan fingerprint density at radius 2 is 1.67 bits per heavy atom. The van der Waals surface area contributed by atoms with Crippen LogP contribution in [0.5, 0.6) is 0 Å². The van der Waals surface area contributed by atoms with E-state index < -0.39 is 35.7 Å². The lowest BCUT2D eigenvalue weighted by molar-refractivity contribution is -0.141. The minimum atomic E-state index is -1.20. The second kappa shape index (κ2) is 12.3. The van der Waals surface area contributed by atoms with Crippen LogP contribution in [0.1, 0.15) is 49.0 Å². The van der Waals surface area contributed by atoms with Crippen molar-refractivity contribution in [2.75, 3.05) is 7.11 Å². The maximum absolute atomic E-state index is 14.5. The van der Waals surface area contributed by atoms with Crippen molar-refractivity contribution < 1.29 is 27.8 Å². The molecular formula is C30H29F2N3O4. The van der Waals surface area contributed by atoms with Crippen LogP contribution in [0.4, 0.5) is 13.6 Å². The van der Waals surface area contributed by atoms with Gasteiger partial charge in [0.05, 0.1) is 24.4 Å². The van der Waals surface area contributed by atoms with E-state index in [1.54, 1.807) is 13.8 Å². The van der Waals surface area contributed by atoms with E-state index in [-0.39, 0.29) is 23.8 Å². The topological polar surface area (TPSA) is 80.2 Å². The highest BCUT2D eigenvalue weighted by molar-refractivity contribution is 6.01. The number of benzene rings is 3. The smallest absolute Gasteiger partial charge is 0.338 e. The summed E-state index contributed by atoms with van der Waals surface area (Å²) in [6.07, 6.45) is 0.290. The number of hydrogen-bond donors (Lipinski definition) is 1. The molecule has 7 nitrogen and oxygen atoms in total. The Hall–Kier alpha value is -4.53. The van der Waals surface area contributed by atoms with Gasteiger partial charge >= 0.3 is 18.0 Å². The minimum Gasteiger partial charge on any atom is -0.468 e. The highest BCUT2D eigenvalue weighted by Gasteiger charge is 2.42. The first-order valence-corrected chi connectivity index (χ1v) is 12.5. The molecule has 0 spiro atoms. The van der Waals surface area contributed by atoms with Gasteiger partial charge in [-0.1, -0.05) is 73.7 Å². The van der Waals surface area contributed by atoms with Crippen molar-refractivity contribution in [1.29, 1.82) is 0 Å². The third kappa shape index (κ3) is 6.14. The molecule has 0 aliphatic carbocycles. The van der Waals surface area contributed by atoms with E-state index in [1.165, 1.54) is 13.2 Å². The molecule has 3 aromatic carbocycles. The Labute approximate surface area is 225 Å². The average molecular weight is 534 g/mol. The third-order valence-corrected chi connectivity index (χ3v) is 6.35. The van der Waals surface area contributed by atoms with E-state index in [0.29, 0.717) is 12.1 Å². The molecule has 3 aromatic rings. The summed E-state index contributed by atoms with van der Waals surface area (Å²) in [5, 5.41) is 2.89. The number of halogens is 2. The van der Waals surface area contributed by atoms with Crippen LogP contribution in [0.2, 0.25) is 0 Å². The molecule has 0 fully saturated rings. The Kier molecular flexibility index (Phi) is 8.70. The molecular weight excluding hydrogens is 504 g/mol. The van der Waals surface area contributed by atoms with Gasteiger partial charge in [-0.15, -0.1) is 0 Å². The monoisotopic (exact) mass is 533 g/mol. The van der Waals surface area contributed by atoms with Crippen molar-refractivity contribution in [1.82, 2.24) is 10.2 Å². The van der Waals surface area contributed by atoms with Crippen molar-refractivity contribution in [2.24, 2.45) is 4.99 Å². The molecule has 4 rings (SSSR count). The minimum absolute atomic E-state index is 0.0250. The molecule has 0 aromatic heterocycles. The zero-order chi connectivity index (χ0) is 27.9. The van der Waals surface area contributed by atoms with Crippen molar-refractivity contribution in [3.8, 4) is 0 Å². The fraction of sp³-hybridized carbons (Fsp3) is 0.233. The highest BCUT2D eigenvalue weighted by Crippen LogP contribution is 2.38. The summed E-state index contributed by atoms with van der Waals surface area (Å²) in [4.78, 5) is 32.9. The molecule has 1 aliphatic rings. The maximum Gasteiger partial charge on any atom is 0.338 e. The molecule has 1 heterocycles. The number of carbonyl (C=O) groups is 2. The van der Waals surface area contributed by atoms with Gasteiger partial charge in [0, 0.05) is 0 Å². The van der Waals surface area contributed by atoms with Crippen LogP contribution in [0.3, 0.4) is 0 Å². The zero-order valence-corrected chi connectivity index (χ0v) is 21.9. The van der Waals surface area contributed by atoms with Gasteiger partial charge < -0.3 is 14.8 Å². The lowest BCUT2D eigenvalue weighted by Crippen LogP contribution is -2.50. The summed E-state index contributed by atoms with van der Waals surface area (Å²) in [5.74, 6) is -2.92. The quantitative estimate of drug-likeness (QED) is 0.367. The van der Waals surface area contributed by atoms with Crippen molar-refractivity contribution in [2.45, 2.75) is 39.0 Å². The normalized spacial score (nSPS) is 15.9. The summed E-state index contributed by atoms with van der Waals surface area (Å²) in [6, 6.07) is 19.2. The molecule has 0 saturated carbocycles. The van der Waals surface area contributed by atoms with Crippen molar-refractivity contribution in [3.63, 3.8) is 0 Å². The number of allylic oxidation sites excluding steroid dienone is 1. The van der Waals surface area contributed by atoms with Gasteiger partial charge in [0.15, 0.2) is 11.6 Å². The zero-order valence-electron chi connectivity index (χ0n) is 21.9. The SMILES string of the molecule is CCC1=C(C(=O)OCc2ccccc2)C(c2ccc(F)c(F)c2)N(C(=O)N[C@H](C)c2ccccc2)C(OC)=N1. The molecule has 202 valence electrons. The first-order chi connectivity index (χ1) is 18.8. The number of ether oxygens (including phenoxy) is 2. The number of amidine groups is 1. The van der Waals surface area contributed by atoms with Gasteiger partial charge in [0.2, 0.25) is 0 Å². The summed E-state index contributed by atoms with van der Waals surface area (Å²) in [5.41, 5.74) is 2.09. The van der Waals surface area contributed by atoms with Gasteiger partial charge in [0.25, 0.3) is 0 Å². The maximum atomic E-state index is 14.5. The molecule has 2 amide bonds. The van der Waals surface area contributed by atoms with Crippen molar-refractivity contribution >= 4 is 18.0 Å².